The minimum Gasteiger partial charge on any atom is -0.313 e. The Morgan fingerprint density at radius 1 is 1.43 bits per heavy atom. The van der Waals surface area contributed by atoms with Gasteiger partial charge < -0.3 is 5.32 Å². The highest BCUT2D eigenvalue weighted by Gasteiger charge is 2.42. The van der Waals surface area contributed by atoms with Gasteiger partial charge in [-0.05, 0) is 36.9 Å². The van der Waals surface area contributed by atoms with E-state index in [1.807, 2.05) is 6.92 Å². The van der Waals surface area contributed by atoms with Gasteiger partial charge in [-0.25, -0.2) is 0 Å². The molecule has 1 fully saturated rings. The predicted molar refractivity (Wildman–Crippen MR) is 53.3 cm³/mol. The van der Waals surface area contributed by atoms with Crippen LogP contribution < -0.4 is 5.32 Å². The van der Waals surface area contributed by atoms with Crippen molar-refractivity contribution in [3.05, 3.63) is 0 Å². The zero-order valence-electron chi connectivity index (χ0n) is 8.45. The first-order valence-corrected chi connectivity index (χ1v) is 5.76. The van der Waals surface area contributed by atoms with E-state index in [2.05, 4.69) is 12.2 Å². The molecule has 1 aliphatic rings. The van der Waals surface area contributed by atoms with Crippen molar-refractivity contribution in [2.75, 3.05) is 12.3 Å². The molecule has 1 aliphatic carbocycles. The highest BCUT2D eigenvalue weighted by Crippen LogP contribution is 2.47. The van der Waals surface area contributed by atoms with Crippen LogP contribution in [0.2, 0.25) is 0 Å². The molecule has 0 aromatic rings. The fraction of sp³-hybridized carbons (Fsp3) is 1.00. The van der Waals surface area contributed by atoms with Gasteiger partial charge >= 0.3 is 5.51 Å². The summed E-state index contributed by atoms with van der Waals surface area (Å²) < 4.78 is 35.3. The third kappa shape index (κ3) is 4.09. The maximum absolute atomic E-state index is 11.8. The maximum Gasteiger partial charge on any atom is 0.441 e. The van der Waals surface area contributed by atoms with Crippen LogP contribution in [0.3, 0.4) is 0 Å². The highest BCUT2D eigenvalue weighted by atomic mass is 32.2. The predicted octanol–water partition coefficient (Wildman–Crippen LogP) is 3.02. The summed E-state index contributed by atoms with van der Waals surface area (Å²) in [6.45, 7) is 4.65. The minimum atomic E-state index is -4.09. The summed E-state index contributed by atoms with van der Waals surface area (Å²) in [5, 5.41) is 3.14. The first-order chi connectivity index (χ1) is 6.33. The Balaban J connectivity index is 2.04. The average molecular weight is 227 g/mol. The van der Waals surface area contributed by atoms with E-state index >= 15 is 0 Å². The quantitative estimate of drug-likeness (QED) is 0.725. The lowest BCUT2D eigenvalue weighted by Crippen LogP contribution is -2.35. The van der Waals surface area contributed by atoms with Crippen LogP contribution in [0.25, 0.3) is 0 Å². The van der Waals surface area contributed by atoms with Gasteiger partial charge in [-0.3, -0.25) is 0 Å². The second-order valence-corrected chi connectivity index (χ2v) is 5.28. The fourth-order valence-electron chi connectivity index (χ4n) is 1.32. The lowest BCUT2D eigenvalue weighted by atomic mass is 10.0. The van der Waals surface area contributed by atoms with Crippen molar-refractivity contribution in [1.82, 2.24) is 5.32 Å². The normalized spacial score (nSPS) is 22.1. The number of halogens is 3. The summed E-state index contributed by atoms with van der Waals surface area (Å²) in [4.78, 5) is 0. The van der Waals surface area contributed by atoms with Crippen LogP contribution >= 0.6 is 11.8 Å². The Morgan fingerprint density at radius 3 is 2.43 bits per heavy atom. The average Bonchev–Trinajstić information content (AvgIpc) is 2.76. The van der Waals surface area contributed by atoms with Crippen LogP contribution in [0.5, 0.6) is 0 Å². The number of rotatable bonds is 5. The molecule has 1 rings (SSSR count). The van der Waals surface area contributed by atoms with Crippen LogP contribution in [-0.2, 0) is 0 Å². The molecule has 1 unspecified atom stereocenters. The molecule has 1 N–H and O–H groups in total. The molecule has 0 saturated heterocycles. The molecule has 1 saturated carbocycles. The van der Waals surface area contributed by atoms with Gasteiger partial charge in [0.25, 0.3) is 0 Å². The second-order valence-electron chi connectivity index (χ2n) is 4.12. The number of alkyl halides is 3. The van der Waals surface area contributed by atoms with Gasteiger partial charge in [0.15, 0.2) is 0 Å². The fourth-order valence-corrected chi connectivity index (χ4v) is 1.77. The summed E-state index contributed by atoms with van der Waals surface area (Å²) >= 11 is 0.0441. The van der Waals surface area contributed by atoms with Crippen LogP contribution in [0.1, 0.15) is 26.7 Å². The van der Waals surface area contributed by atoms with Crippen LogP contribution in [0, 0.1) is 5.41 Å². The second kappa shape index (κ2) is 4.31. The van der Waals surface area contributed by atoms with E-state index in [9.17, 15) is 13.2 Å². The maximum atomic E-state index is 11.8. The molecule has 1 atom stereocenters. The summed E-state index contributed by atoms with van der Waals surface area (Å²) in [5.74, 6) is 0.101. The van der Waals surface area contributed by atoms with Crippen LogP contribution in [0.15, 0.2) is 0 Å². The topological polar surface area (TPSA) is 12.0 Å². The van der Waals surface area contributed by atoms with Gasteiger partial charge in [0.1, 0.15) is 0 Å². The van der Waals surface area contributed by atoms with Crippen LogP contribution in [-0.4, -0.2) is 23.8 Å². The van der Waals surface area contributed by atoms with E-state index in [1.165, 1.54) is 12.8 Å². The van der Waals surface area contributed by atoms with Crippen molar-refractivity contribution in [3.8, 4) is 0 Å². The molecule has 1 nitrogen and oxygen atoms in total. The van der Waals surface area contributed by atoms with Gasteiger partial charge in [-0.2, -0.15) is 13.2 Å². The monoisotopic (exact) mass is 227 g/mol. The van der Waals surface area contributed by atoms with E-state index in [0.29, 0.717) is 18.0 Å². The minimum absolute atomic E-state index is 0.0441. The summed E-state index contributed by atoms with van der Waals surface area (Å²) in [5.41, 5.74) is -3.75. The molecule has 0 aliphatic heterocycles. The van der Waals surface area contributed by atoms with Gasteiger partial charge in [0.2, 0.25) is 0 Å². The molecule has 0 radical (unpaired) electrons. The first-order valence-electron chi connectivity index (χ1n) is 4.78. The van der Waals surface area contributed by atoms with Gasteiger partial charge in [-0.15, -0.1) is 0 Å². The highest BCUT2D eigenvalue weighted by molar-refractivity contribution is 8.00. The molecular formula is C9H16F3NS. The zero-order valence-corrected chi connectivity index (χ0v) is 9.26. The lowest BCUT2D eigenvalue weighted by molar-refractivity contribution is -0.0327. The van der Waals surface area contributed by atoms with Crippen molar-refractivity contribution in [3.63, 3.8) is 0 Å². The first kappa shape index (κ1) is 12.2. The molecule has 0 spiro atoms. The van der Waals surface area contributed by atoms with E-state index in [1.54, 1.807) is 0 Å². The van der Waals surface area contributed by atoms with Gasteiger partial charge in [0.05, 0.1) is 0 Å². The smallest absolute Gasteiger partial charge is 0.313 e. The van der Waals surface area contributed by atoms with Gasteiger partial charge in [-0.1, -0.05) is 6.92 Å². The Bertz CT molecular complexity index is 189. The van der Waals surface area contributed by atoms with Gasteiger partial charge in [0, 0.05) is 18.3 Å². The Kier molecular flexibility index (Phi) is 3.75. The third-order valence-electron chi connectivity index (χ3n) is 2.90. The van der Waals surface area contributed by atoms with Crippen LogP contribution in [0.4, 0.5) is 13.2 Å². The third-order valence-corrected chi connectivity index (χ3v) is 3.64. The summed E-state index contributed by atoms with van der Waals surface area (Å²) in [6.07, 6.45) is 2.38. The standard InChI is InChI=1S/C9H16F3NS/c1-7(8(2)3-4-8)13-5-6-14-9(10,11)12/h7,13H,3-6H2,1-2H3. The SMILES string of the molecule is CC(NCCSC(F)(F)F)C1(C)CC1. The Hall–Kier alpha value is 0.100. The van der Waals surface area contributed by atoms with Crippen molar-refractivity contribution in [2.45, 2.75) is 38.2 Å². The molecule has 0 heterocycles. The molecule has 84 valence electrons. The van der Waals surface area contributed by atoms with E-state index in [-0.39, 0.29) is 17.5 Å². The summed E-state index contributed by atoms with van der Waals surface area (Å²) in [7, 11) is 0. The Morgan fingerprint density at radius 2 is 2.00 bits per heavy atom. The van der Waals surface area contributed by atoms with E-state index < -0.39 is 5.51 Å². The van der Waals surface area contributed by atoms with Crippen molar-refractivity contribution in [2.24, 2.45) is 5.41 Å². The molecule has 0 aromatic carbocycles. The number of nitrogens with one attached hydrogen (secondary N) is 1. The summed E-state index contributed by atoms with van der Waals surface area (Å²) in [6, 6.07) is 0.330. The largest absolute Gasteiger partial charge is 0.441 e. The molecule has 0 aromatic heterocycles. The zero-order chi connectivity index (χ0) is 10.8. The molecule has 5 heteroatoms. The van der Waals surface area contributed by atoms with E-state index in [4.69, 9.17) is 0 Å². The number of thioether (sulfide) groups is 1. The molecule has 0 amide bonds. The number of hydrogen-bond acceptors (Lipinski definition) is 2. The molecule has 0 bridgehead atoms. The van der Waals surface area contributed by atoms with Crippen molar-refractivity contribution >= 4 is 11.8 Å². The molecular weight excluding hydrogens is 211 g/mol. The van der Waals surface area contributed by atoms with Crippen molar-refractivity contribution < 1.29 is 13.2 Å². The van der Waals surface area contributed by atoms with E-state index in [0.717, 1.165) is 0 Å². The Labute approximate surface area is 86.8 Å². The lowest BCUT2D eigenvalue weighted by Gasteiger charge is -2.20. The molecule has 14 heavy (non-hydrogen) atoms. The number of hydrogen-bond donors (Lipinski definition) is 1. The van der Waals surface area contributed by atoms with Crippen molar-refractivity contribution in [1.29, 1.82) is 0 Å².